The number of aliphatic hydroxyl groups excluding tert-OH is 1. The molecule has 0 aromatic heterocycles. The Bertz CT molecular complexity index is 215. The van der Waals surface area contributed by atoms with Crippen LogP contribution in [0.1, 0.15) is 46.5 Å². The van der Waals surface area contributed by atoms with E-state index in [2.05, 4.69) is 10.6 Å². The van der Waals surface area contributed by atoms with Crippen LogP contribution in [0.5, 0.6) is 0 Å². The zero-order chi connectivity index (χ0) is 13.9. The van der Waals surface area contributed by atoms with Gasteiger partial charge in [0.15, 0.2) is 0 Å². The molecular weight excluding hydrogens is 232 g/mol. The fourth-order valence-corrected chi connectivity index (χ4v) is 1.44. The van der Waals surface area contributed by atoms with Crippen molar-refractivity contribution in [2.24, 2.45) is 0 Å². The third kappa shape index (κ3) is 13.3. The van der Waals surface area contributed by atoms with E-state index in [4.69, 9.17) is 9.84 Å². The molecule has 5 heteroatoms. The molecule has 0 aromatic rings. The van der Waals surface area contributed by atoms with E-state index in [1.807, 2.05) is 20.8 Å². The molecule has 0 atom stereocenters. The van der Waals surface area contributed by atoms with Crippen LogP contribution in [0.4, 0.5) is 4.79 Å². The molecule has 0 saturated heterocycles. The Labute approximate surface area is 110 Å². The highest BCUT2D eigenvalue weighted by atomic mass is 16.6. The lowest BCUT2D eigenvalue weighted by atomic mass is 10.2. The molecule has 5 nitrogen and oxygen atoms in total. The molecule has 0 saturated carbocycles. The summed E-state index contributed by atoms with van der Waals surface area (Å²) in [5.74, 6) is 0. The molecule has 0 bridgehead atoms. The Hall–Kier alpha value is -0.810. The first-order valence-electron chi connectivity index (χ1n) is 6.74. The number of nitrogens with one attached hydrogen (secondary N) is 2. The van der Waals surface area contributed by atoms with Crippen LogP contribution in [0.15, 0.2) is 0 Å². The molecule has 0 aromatic carbocycles. The van der Waals surface area contributed by atoms with Gasteiger partial charge in [-0.25, -0.2) is 4.79 Å². The van der Waals surface area contributed by atoms with Crippen LogP contribution in [0.25, 0.3) is 0 Å². The van der Waals surface area contributed by atoms with Crippen LogP contribution in [0.2, 0.25) is 0 Å². The Balaban J connectivity index is 3.23. The van der Waals surface area contributed by atoms with Gasteiger partial charge in [0, 0.05) is 13.1 Å². The van der Waals surface area contributed by atoms with Crippen molar-refractivity contribution in [3.8, 4) is 0 Å². The summed E-state index contributed by atoms with van der Waals surface area (Å²) in [5.41, 5.74) is -0.428. The number of unbranched alkanes of at least 4 members (excludes halogenated alkanes) is 3. The Kier molecular flexibility index (Phi) is 9.69. The van der Waals surface area contributed by atoms with E-state index in [1.54, 1.807) is 0 Å². The second-order valence-electron chi connectivity index (χ2n) is 5.32. The first-order valence-corrected chi connectivity index (χ1v) is 6.74. The van der Waals surface area contributed by atoms with E-state index in [-0.39, 0.29) is 12.7 Å². The van der Waals surface area contributed by atoms with Gasteiger partial charge in [-0.1, -0.05) is 12.8 Å². The largest absolute Gasteiger partial charge is 0.444 e. The number of aliphatic hydroxyl groups is 1. The summed E-state index contributed by atoms with van der Waals surface area (Å²) in [4.78, 5) is 11.3. The minimum atomic E-state index is -0.428. The molecule has 0 rings (SSSR count). The number of alkyl carbamates (subject to hydrolysis) is 1. The quantitative estimate of drug-likeness (QED) is 0.551. The molecule has 0 heterocycles. The number of amides is 1. The van der Waals surface area contributed by atoms with Crippen LogP contribution in [-0.4, -0.2) is 43.0 Å². The van der Waals surface area contributed by atoms with Crippen LogP contribution >= 0.6 is 0 Å². The molecule has 0 spiro atoms. The smallest absolute Gasteiger partial charge is 0.407 e. The lowest BCUT2D eigenvalue weighted by Crippen LogP contribution is -2.33. The number of carbonyl (C=O) groups is 1. The maximum Gasteiger partial charge on any atom is 0.407 e. The monoisotopic (exact) mass is 260 g/mol. The van der Waals surface area contributed by atoms with E-state index < -0.39 is 5.60 Å². The Morgan fingerprint density at radius 3 is 2.22 bits per heavy atom. The zero-order valence-corrected chi connectivity index (χ0v) is 11.9. The highest BCUT2D eigenvalue weighted by Gasteiger charge is 2.15. The molecule has 0 aliphatic rings. The van der Waals surface area contributed by atoms with Gasteiger partial charge >= 0.3 is 6.09 Å². The van der Waals surface area contributed by atoms with Gasteiger partial charge in [0.1, 0.15) is 5.60 Å². The molecule has 0 aliphatic carbocycles. The van der Waals surface area contributed by atoms with Crippen LogP contribution in [0, 0.1) is 0 Å². The second-order valence-corrected chi connectivity index (χ2v) is 5.32. The second kappa shape index (κ2) is 10.1. The summed E-state index contributed by atoms with van der Waals surface area (Å²) in [5, 5.41) is 14.4. The Morgan fingerprint density at radius 1 is 1.06 bits per heavy atom. The summed E-state index contributed by atoms with van der Waals surface area (Å²) >= 11 is 0. The van der Waals surface area contributed by atoms with Gasteiger partial charge in [-0.2, -0.15) is 0 Å². The standard InChI is InChI=1S/C13H28N2O3/c1-13(2,3)18-12(17)15-9-7-5-4-6-8-14-10-11-16/h14,16H,4-11H2,1-3H3,(H,15,17). The van der Waals surface area contributed by atoms with Crippen LogP contribution < -0.4 is 10.6 Å². The fourth-order valence-electron chi connectivity index (χ4n) is 1.44. The van der Waals surface area contributed by atoms with Gasteiger partial charge in [0.05, 0.1) is 6.61 Å². The number of carbonyl (C=O) groups excluding carboxylic acids is 1. The van der Waals surface area contributed by atoms with E-state index >= 15 is 0 Å². The molecule has 0 unspecified atom stereocenters. The van der Waals surface area contributed by atoms with Gasteiger partial charge in [-0.05, 0) is 40.2 Å². The molecule has 0 aliphatic heterocycles. The third-order valence-electron chi connectivity index (χ3n) is 2.24. The minimum absolute atomic E-state index is 0.194. The van der Waals surface area contributed by atoms with Crippen molar-refractivity contribution in [1.29, 1.82) is 0 Å². The minimum Gasteiger partial charge on any atom is -0.444 e. The molecule has 1 amide bonds. The molecule has 108 valence electrons. The number of hydrogen-bond donors (Lipinski definition) is 3. The van der Waals surface area contributed by atoms with Crippen LogP contribution in [-0.2, 0) is 4.74 Å². The molecule has 3 N–H and O–H groups in total. The predicted octanol–water partition coefficient (Wildman–Crippen LogP) is 1.65. The van der Waals surface area contributed by atoms with Gasteiger partial charge in [-0.15, -0.1) is 0 Å². The summed E-state index contributed by atoms with van der Waals surface area (Å²) < 4.78 is 5.13. The topological polar surface area (TPSA) is 70.6 Å². The van der Waals surface area contributed by atoms with Crippen LogP contribution in [0.3, 0.4) is 0 Å². The average Bonchev–Trinajstić information content (AvgIpc) is 2.24. The lowest BCUT2D eigenvalue weighted by molar-refractivity contribution is 0.0527. The summed E-state index contributed by atoms with van der Waals surface area (Å²) in [6, 6.07) is 0. The molecule has 0 fully saturated rings. The van der Waals surface area contributed by atoms with Crippen molar-refractivity contribution in [2.45, 2.75) is 52.1 Å². The van der Waals surface area contributed by atoms with Crippen molar-refractivity contribution < 1.29 is 14.6 Å². The van der Waals surface area contributed by atoms with E-state index in [9.17, 15) is 4.79 Å². The third-order valence-corrected chi connectivity index (χ3v) is 2.24. The summed E-state index contributed by atoms with van der Waals surface area (Å²) in [6.45, 7) is 8.03. The van der Waals surface area contributed by atoms with Crippen molar-refractivity contribution in [3.63, 3.8) is 0 Å². The maximum absolute atomic E-state index is 11.3. The van der Waals surface area contributed by atoms with Crippen molar-refractivity contribution in [1.82, 2.24) is 10.6 Å². The van der Waals surface area contributed by atoms with E-state index in [0.717, 1.165) is 32.2 Å². The molecule has 0 radical (unpaired) electrons. The number of rotatable bonds is 9. The van der Waals surface area contributed by atoms with Gasteiger partial charge in [0.25, 0.3) is 0 Å². The van der Waals surface area contributed by atoms with Crippen molar-refractivity contribution >= 4 is 6.09 Å². The zero-order valence-electron chi connectivity index (χ0n) is 11.9. The Morgan fingerprint density at radius 2 is 1.67 bits per heavy atom. The molecular formula is C13H28N2O3. The summed E-state index contributed by atoms with van der Waals surface area (Å²) in [7, 11) is 0. The molecule has 18 heavy (non-hydrogen) atoms. The predicted molar refractivity (Wildman–Crippen MR) is 72.7 cm³/mol. The van der Waals surface area contributed by atoms with Gasteiger partial charge < -0.3 is 20.5 Å². The normalized spacial score (nSPS) is 11.3. The van der Waals surface area contributed by atoms with E-state index in [1.165, 1.54) is 0 Å². The van der Waals surface area contributed by atoms with Crippen molar-refractivity contribution in [2.75, 3.05) is 26.2 Å². The van der Waals surface area contributed by atoms with Gasteiger partial charge in [-0.3, -0.25) is 0 Å². The first kappa shape index (κ1) is 17.2. The average molecular weight is 260 g/mol. The van der Waals surface area contributed by atoms with Gasteiger partial charge in [0.2, 0.25) is 0 Å². The van der Waals surface area contributed by atoms with Crippen molar-refractivity contribution in [3.05, 3.63) is 0 Å². The number of hydrogen-bond acceptors (Lipinski definition) is 4. The SMILES string of the molecule is CC(C)(C)OC(=O)NCCCCCCNCCO. The van der Waals surface area contributed by atoms with E-state index in [0.29, 0.717) is 13.1 Å². The lowest BCUT2D eigenvalue weighted by Gasteiger charge is -2.19. The maximum atomic E-state index is 11.3. The first-order chi connectivity index (χ1) is 8.45. The fraction of sp³-hybridized carbons (Fsp3) is 0.923. The summed E-state index contributed by atoms with van der Waals surface area (Å²) in [6.07, 6.45) is 3.96. The number of ether oxygens (including phenoxy) is 1. The highest BCUT2D eigenvalue weighted by molar-refractivity contribution is 5.67. The highest BCUT2D eigenvalue weighted by Crippen LogP contribution is 2.06.